The summed E-state index contributed by atoms with van der Waals surface area (Å²) in [5.74, 6) is -3.72. The molecule has 1 saturated heterocycles. The van der Waals surface area contributed by atoms with E-state index in [0.29, 0.717) is 34.4 Å². The van der Waals surface area contributed by atoms with Gasteiger partial charge in [-0.25, -0.2) is 23.7 Å². The van der Waals surface area contributed by atoms with Gasteiger partial charge in [-0.15, -0.1) is 0 Å². The lowest BCUT2D eigenvalue weighted by Crippen LogP contribution is -2.64. The van der Waals surface area contributed by atoms with Crippen molar-refractivity contribution >= 4 is 40.0 Å². The lowest BCUT2D eigenvalue weighted by Gasteiger charge is -2.56. The van der Waals surface area contributed by atoms with Crippen LogP contribution in [0.2, 0.25) is 0 Å². The third kappa shape index (κ3) is 5.60. The van der Waals surface area contributed by atoms with Gasteiger partial charge in [0.25, 0.3) is 5.91 Å². The van der Waals surface area contributed by atoms with Gasteiger partial charge in [0, 0.05) is 41.8 Å². The number of benzene rings is 1. The predicted octanol–water partition coefficient (Wildman–Crippen LogP) is 7.71. The second-order valence-electron chi connectivity index (χ2n) is 16.8. The van der Waals surface area contributed by atoms with Crippen molar-refractivity contribution in [3.63, 3.8) is 0 Å². The van der Waals surface area contributed by atoms with Crippen molar-refractivity contribution < 1.29 is 22.8 Å². The molecule has 53 heavy (non-hydrogen) atoms. The number of pyridine rings is 2. The molecule has 2 N–H and O–H groups in total. The zero-order valence-corrected chi connectivity index (χ0v) is 31.5. The van der Waals surface area contributed by atoms with Crippen molar-refractivity contribution in [3.05, 3.63) is 58.9 Å². The first-order valence-electron chi connectivity index (χ1n) is 18.8. The minimum atomic E-state index is -1.18. The van der Waals surface area contributed by atoms with E-state index in [1.54, 1.807) is 39.2 Å². The Morgan fingerprint density at radius 3 is 2.45 bits per heavy atom. The molecule has 2 amide bonds. The van der Waals surface area contributed by atoms with Crippen molar-refractivity contribution in [2.45, 2.75) is 110 Å². The van der Waals surface area contributed by atoms with Crippen LogP contribution in [-0.2, 0) is 10.2 Å². The van der Waals surface area contributed by atoms with E-state index in [-0.39, 0.29) is 57.4 Å². The standard InChI is InChI=1S/C40H47F3N8O2/c1-8-44-36(52)24-14-27(31(42)30(41)22(24)4)47-35-32-28(45-20-50(32)21(2)3)16-26(46-35)25-15-29-33(48-34(25)43)38(5,6)37(53)51(29)23-17-39(7,18-23)49-13-9-10-40(19-49)11-12-40/h14-16,20-21,23H,8-13,17-19H2,1-7H3,(H,44,52)(H,46,47). The minimum Gasteiger partial charge on any atom is -0.352 e. The zero-order chi connectivity index (χ0) is 37.8. The molecule has 2 saturated carbocycles. The van der Waals surface area contributed by atoms with Crippen LogP contribution in [0, 0.1) is 29.9 Å². The number of halogens is 3. The summed E-state index contributed by atoms with van der Waals surface area (Å²) in [6.45, 7) is 15.3. The van der Waals surface area contributed by atoms with Crippen molar-refractivity contribution in [1.82, 2.24) is 29.7 Å². The maximum absolute atomic E-state index is 16.2. The van der Waals surface area contributed by atoms with Gasteiger partial charge >= 0.3 is 0 Å². The van der Waals surface area contributed by atoms with Crippen LogP contribution >= 0.6 is 0 Å². The molecular formula is C40H47F3N8O2. The summed E-state index contributed by atoms with van der Waals surface area (Å²) >= 11 is 0. The van der Waals surface area contributed by atoms with Crippen LogP contribution in [0.15, 0.2) is 24.5 Å². The molecule has 3 aromatic heterocycles. The molecule has 4 aliphatic rings. The quantitative estimate of drug-likeness (QED) is 0.179. The largest absolute Gasteiger partial charge is 0.352 e. The maximum Gasteiger partial charge on any atom is 0.251 e. The molecule has 0 bridgehead atoms. The summed E-state index contributed by atoms with van der Waals surface area (Å²) in [6, 6.07) is 4.38. The van der Waals surface area contributed by atoms with Crippen LogP contribution in [0.5, 0.6) is 0 Å². The first-order chi connectivity index (χ1) is 25.1. The van der Waals surface area contributed by atoms with Crippen molar-refractivity contribution in [2.75, 3.05) is 29.9 Å². The third-order valence-corrected chi connectivity index (χ3v) is 12.3. The fourth-order valence-corrected chi connectivity index (χ4v) is 8.93. The Labute approximate surface area is 307 Å². The SMILES string of the molecule is CCNC(=O)c1cc(Nc2nc(-c3cc4c(nc3F)C(C)(C)C(=O)N4C3CC(C)(N4CCCC5(CC5)C4)C3)cc3ncn(C(C)C)c23)c(F)c(F)c1C. The maximum atomic E-state index is 16.2. The number of carbonyl (C=O) groups excluding carboxylic acids is 2. The molecule has 4 aromatic rings. The molecule has 13 heteroatoms. The molecule has 2 aliphatic carbocycles. The van der Waals surface area contributed by atoms with Crippen molar-refractivity contribution in [1.29, 1.82) is 0 Å². The lowest BCUT2D eigenvalue weighted by atomic mass is 9.70. The van der Waals surface area contributed by atoms with Gasteiger partial charge in [0.2, 0.25) is 11.9 Å². The summed E-state index contributed by atoms with van der Waals surface area (Å²) in [5.41, 5.74) is 1.04. The van der Waals surface area contributed by atoms with Gasteiger partial charge in [0.05, 0.1) is 45.6 Å². The Hall–Kier alpha value is -4.52. The summed E-state index contributed by atoms with van der Waals surface area (Å²) in [6.07, 6.45) is 8.36. The van der Waals surface area contributed by atoms with E-state index in [4.69, 9.17) is 4.98 Å². The second kappa shape index (κ2) is 12.3. The highest BCUT2D eigenvalue weighted by Crippen LogP contribution is 2.56. The number of amides is 2. The van der Waals surface area contributed by atoms with Gasteiger partial charge in [0.1, 0.15) is 5.52 Å². The van der Waals surface area contributed by atoms with E-state index < -0.39 is 28.9 Å². The van der Waals surface area contributed by atoms with Gasteiger partial charge in [-0.05, 0) is 117 Å². The number of likely N-dealkylation sites (tertiary alicyclic amines) is 1. The first-order valence-corrected chi connectivity index (χ1v) is 18.8. The number of imidazole rings is 1. The number of carbonyl (C=O) groups is 2. The lowest BCUT2D eigenvalue weighted by molar-refractivity contribution is -0.124. The van der Waals surface area contributed by atoms with Gasteiger partial charge in [-0.1, -0.05) is 0 Å². The van der Waals surface area contributed by atoms with Crippen molar-refractivity contribution in [3.8, 4) is 11.3 Å². The van der Waals surface area contributed by atoms with E-state index in [1.165, 1.54) is 38.7 Å². The summed E-state index contributed by atoms with van der Waals surface area (Å²) in [4.78, 5) is 45.1. The number of fused-ring (bicyclic) bond motifs is 2. The Kier molecular flexibility index (Phi) is 8.21. The van der Waals surface area contributed by atoms with Gasteiger partial charge in [-0.3, -0.25) is 14.5 Å². The number of nitrogens with one attached hydrogen (secondary N) is 2. The number of nitrogens with zero attached hydrogens (tertiary/aromatic N) is 6. The molecule has 10 nitrogen and oxygen atoms in total. The monoisotopic (exact) mass is 728 g/mol. The van der Waals surface area contributed by atoms with E-state index in [1.807, 2.05) is 23.3 Å². The fourth-order valence-electron chi connectivity index (χ4n) is 8.93. The molecule has 280 valence electrons. The smallest absolute Gasteiger partial charge is 0.251 e. The second-order valence-corrected chi connectivity index (χ2v) is 16.8. The average molecular weight is 729 g/mol. The van der Waals surface area contributed by atoms with Gasteiger partial charge in [-0.2, -0.15) is 4.39 Å². The minimum absolute atomic E-state index is 0.00560. The van der Waals surface area contributed by atoms with E-state index in [9.17, 15) is 9.59 Å². The van der Waals surface area contributed by atoms with Crippen molar-refractivity contribution in [2.24, 2.45) is 5.41 Å². The topological polar surface area (TPSA) is 108 Å². The molecule has 8 rings (SSSR count). The Morgan fingerprint density at radius 1 is 1.04 bits per heavy atom. The average Bonchev–Trinajstić information content (AvgIpc) is 3.63. The summed E-state index contributed by atoms with van der Waals surface area (Å²) in [7, 11) is 0. The molecule has 0 atom stereocenters. The number of hydrogen-bond acceptors (Lipinski definition) is 7. The molecule has 2 aliphatic heterocycles. The number of aromatic nitrogens is 4. The highest BCUT2D eigenvalue weighted by molar-refractivity contribution is 6.08. The molecule has 3 fully saturated rings. The number of rotatable bonds is 8. The fraction of sp³-hybridized carbons (Fsp3) is 0.525. The summed E-state index contributed by atoms with van der Waals surface area (Å²) in [5, 5.41) is 5.56. The molecule has 5 heterocycles. The van der Waals surface area contributed by atoms with Crippen LogP contribution in [-0.4, -0.2) is 67.4 Å². The van der Waals surface area contributed by atoms with Crippen LogP contribution in [0.25, 0.3) is 22.3 Å². The molecule has 0 unspecified atom stereocenters. The molecule has 1 spiro atoms. The summed E-state index contributed by atoms with van der Waals surface area (Å²) < 4.78 is 48.9. The highest BCUT2D eigenvalue weighted by Gasteiger charge is 2.57. The van der Waals surface area contributed by atoms with E-state index >= 15 is 13.2 Å². The highest BCUT2D eigenvalue weighted by atomic mass is 19.2. The Balaban J connectivity index is 1.19. The molecular weight excluding hydrogens is 681 g/mol. The predicted molar refractivity (Wildman–Crippen MR) is 198 cm³/mol. The van der Waals surface area contributed by atoms with Crippen LogP contribution in [0.3, 0.4) is 0 Å². The van der Waals surface area contributed by atoms with Gasteiger partial charge < -0.3 is 20.1 Å². The molecule has 1 aromatic carbocycles. The van der Waals surface area contributed by atoms with Gasteiger partial charge in [0.15, 0.2) is 17.5 Å². The number of piperidine rings is 1. The van der Waals surface area contributed by atoms with Crippen LogP contribution < -0.4 is 15.5 Å². The number of hydrogen-bond donors (Lipinski definition) is 2. The third-order valence-electron chi connectivity index (χ3n) is 12.3. The molecule has 0 radical (unpaired) electrons. The zero-order valence-electron chi connectivity index (χ0n) is 31.5. The Bertz CT molecular complexity index is 2190. The normalized spacial score (nSPS) is 23.1. The first kappa shape index (κ1) is 35.5. The Morgan fingerprint density at radius 2 is 1.77 bits per heavy atom. The number of anilines is 3. The van der Waals surface area contributed by atoms with Crippen LogP contribution in [0.1, 0.15) is 108 Å². The van der Waals surface area contributed by atoms with Crippen LogP contribution in [0.4, 0.5) is 30.4 Å². The van der Waals surface area contributed by atoms with E-state index in [0.717, 1.165) is 25.9 Å². The van der Waals surface area contributed by atoms with E-state index in [2.05, 4.69) is 32.4 Å².